The van der Waals surface area contributed by atoms with Gasteiger partial charge in [0, 0.05) is 20.6 Å². The highest BCUT2D eigenvalue weighted by atomic mass is 16.5. The van der Waals surface area contributed by atoms with Crippen LogP contribution in [0.2, 0.25) is 0 Å². The zero-order chi connectivity index (χ0) is 30.4. The molecule has 3 aromatic rings. The summed E-state index contributed by atoms with van der Waals surface area (Å²) in [6, 6.07) is 17.2. The monoisotopic (exact) mass is 574 g/mol. The van der Waals surface area contributed by atoms with E-state index in [0.29, 0.717) is 41.6 Å². The number of primary amides is 1. The lowest BCUT2D eigenvalue weighted by Crippen LogP contribution is -2.40. The van der Waals surface area contributed by atoms with Crippen molar-refractivity contribution >= 4 is 35.0 Å². The predicted octanol–water partition coefficient (Wildman–Crippen LogP) is 4.69. The molecule has 3 amide bonds. The Morgan fingerprint density at radius 2 is 1.71 bits per heavy atom. The number of carbonyl (C=O) groups is 3. The number of aryl methyl sites for hydroxylation is 1. The van der Waals surface area contributed by atoms with Crippen molar-refractivity contribution in [3.05, 3.63) is 77.4 Å². The highest BCUT2D eigenvalue weighted by molar-refractivity contribution is 6.00. The fourth-order valence-electron chi connectivity index (χ4n) is 5.23. The minimum absolute atomic E-state index is 0.0181. The fourth-order valence-corrected chi connectivity index (χ4v) is 5.23. The van der Waals surface area contributed by atoms with Gasteiger partial charge >= 0.3 is 12.0 Å². The zero-order valence-electron chi connectivity index (χ0n) is 24.8. The SMILES string of the molecule is COC(=O)c1ccc(OCC2CCCN2C(=O)Cc2ccc(N(C(N)=O)c3ccccc3C)c(OC)c2)c(N(C)C)c1. The van der Waals surface area contributed by atoms with Crippen molar-refractivity contribution in [1.29, 1.82) is 0 Å². The van der Waals surface area contributed by atoms with Crippen LogP contribution in [-0.2, 0) is 16.0 Å². The number of urea groups is 1. The number of methoxy groups -OCH3 is 2. The second-order valence-corrected chi connectivity index (χ2v) is 10.4. The highest BCUT2D eigenvalue weighted by Gasteiger charge is 2.30. The molecule has 0 bridgehead atoms. The van der Waals surface area contributed by atoms with Gasteiger partial charge < -0.3 is 29.7 Å². The van der Waals surface area contributed by atoms with E-state index in [4.69, 9.17) is 19.9 Å². The summed E-state index contributed by atoms with van der Waals surface area (Å²) >= 11 is 0. The summed E-state index contributed by atoms with van der Waals surface area (Å²) in [4.78, 5) is 43.0. The van der Waals surface area contributed by atoms with Gasteiger partial charge in [0.1, 0.15) is 18.1 Å². The van der Waals surface area contributed by atoms with E-state index < -0.39 is 12.0 Å². The smallest absolute Gasteiger partial charge is 0.337 e. The Hall–Kier alpha value is -4.73. The molecule has 0 saturated carbocycles. The first kappa shape index (κ1) is 30.2. The normalized spacial score (nSPS) is 14.3. The number of ether oxygens (including phenoxy) is 3. The number of benzene rings is 3. The number of likely N-dealkylation sites (tertiary alicyclic amines) is 1. The Bertz CT molecular complexity index is 1460. The number of hydrogen-bond acceptors (Lipinski definition) is 7. The van der Waals surface area contributed by atoms with Crippen LogP contribution in [0.5, 0.6) is 11.5 Å². The summed E-state index contributed by atoms with van der Waals surface area (Å²) in [6.45, 7) is 2.88. The molecular formula is C32H38N4O6. The predicted molar refractivity (Wildman–Crippen MR) is 162 cm³/mol. The standard InChI is InChI=1S/C32H38N4O6/c1-21-9-6-7-11-25(21)36(32(33)39)26-14-12-22(17-29(26)40-4)18-30(37)35-16-8-10-24(35)20-42-28-15-13-23(31(38)41-5)19-27(28)34(2)3/h6-7,9,11-15,17,19,24H,8,10,16,18,20H2,1-5H3,(H2,33,39). The average Bonchev–Trinajstić information content (AvgIpc) is 3.46. The minimum atomic E-state index is -0.635. The number of carbonyl (C=O) groups excluding carboxylic acids is 3. The third-order valence-corrected chi connectivity index (χ3v) is 7.41. The number of nitrogens with zero attached hydrogens (tertiary/aromatic N) is 3. The van der Waals surface area contributed by atoms with Crippen molar-refractivity contribution in [3.63, 3.8) is 0 Å². The molecule has 42 heavy (non-hydrogen) atoms. The molecule has 0 radical (unpaired) electrons. The molecule has 1 unspecified atom stereocenters. The van der Waals surface area contributed by atoms with Gasteiger partial charge in [-0.1, -0.05) is 24.3 Å². The number of hydrogen-bond donors (Lipinski definition) is 1. The second kappa shape index (κ2) is 13.3. The molecule has 222 valence electrons. The van der Waals surface area contributed by atoms with Crippen LogP contribution in [-0.4, -0.2) is 70.3 Å². The lowest BCUT2D eigenvalue weighted by molar-refractivity contribution is -0.131. The van der Waals surface area contributed by atoms with Crippen LogP contribution in [0.25, 0.3) is 0 Å². The maximum Gasteiger partial charge on any atom is 0.337 e. The van der Waals surface area contributed by atoms with E-state index in [1.54, 1.807) is 30.3 Å². The topological polar surface area (TPSA) is 115 Å². The van der Waals surface area contributed by atoms with Crippen LogP contribution in [0.4, 0.5) is 21.9 Å². The molecule has 1 atom stereocenters. The third kappa shape index (κ3) is 6.59. The van der Waals surface area contributed by atoms with Crippen LogP contribution >= 0.6 is 0 Å². The minimum Gasteiger partial charge on any atom is -0.495 e. The second-order valence-electron chi connectivity index (χ2n) is 10.4. The number of anilines is 3. The molecule has 3 aromatic carbocycles. The largest absolute Gasteiger partial charge is 0.495 e. The molecule has 2 N–H and O–H groups in total. The van der Waals surface area contributed by atoms with E-state index in [2.05, 4.69) is 0 Å². The maximum absolute atomic E-state index is 13.4. The van der Waals surface area contributed by atoms with Crippen molar-refractivity contribution in [2.75, 3.05) is 51.3 Å². The van der Waals surface area contributed by atoms with E-state index >= 15 is 0 Å². The zero-order valence-corrected chi connectivity index (χ0v) is 24.8. The molecule has 1 heterocycles. The Morgan fingerprint density at radius 1 is 0.952 bits per heavy atom. The van der Waals surface area contributed by atoms with Crippen LogP contribution in [0.15, 0.2) is 60.7 Å². The molecule has 1 saturated heterocycles. The first-order valence-electron chi connectivity index (χ1n) is 13.8. The van der Waals surface area contributed by atoms with Crippen molar-refractivity contribution in [3.8, 4) is 11.5 Å². The van der Waals surface area contributed by atoms with E-state index in [1.807, 2.05) is 61.2 Å². The van der Waals surface area contributed by atoms with E-state index in [1.165, 1.54) is 19.1 Å². The van der Waals surface area contributed by atoms with Gasteiger partial charge in [-0.05, 0) is 67.3 Å². The molecule has 0 aliphatic carbocycles. The van der Waals surface area contributed by atoms with Crippen LogP contribution in [0, 0.1) is 6.92 Å². The molecule has 0 spiro atoms. The molecule has 10 nitrogen and oxygen atoms in total. The van der Waals surface area contributed by atoms with Crippen molar-refractivity contribution in [2.45, 2.75) is 32.2 Å². The molecular weight excluding hydrogens is 536 g/mol. The van der Waals surface area contributed by atoms with Gasteiger partial charge in [-0.2, -0.15) is 0 Å². The molecule has 1 aliphatic rings. The van der Waals surface area contributed by atoms with E-state index in [-0.39, 0.29) is 18.4 Å². The number of para-hydroxylation sites is 1. The van der Waals surface area contributed by atoms with Crippen LogP contribution in [0.3, 0.4) is 0 Å². The van der Waals surface area contributed by atoms with Gasteiger partial charge in [-0.15, -0.1) is 0 Å². The lowest BCUT2D eigenvalue weighted by Gasteiger charge is -2.27. The average molecular weight is 575 g/mol. The fraction of sp³-hybridized carbons (Fsp3) is 0.344. The van der Waals surface area contributed by atoms with Gasteiger partial charge in [-0.3, -0.25) is 9.69 Å². The first-order valence-corrected chi connectivity index (χ1v) is 13.8. The summed E-state index contributed by atoms with van der Waals surface area (Å²) in [6.07, 6.45) is 1.88. The Labute approximate surface area is 246 Å². The first-order chi connectivity index (χ1) is 20.1. The van der Waals surface area contributed by atoms with E-state index in [9.17, 15) is 14.4 Å². The third-order valence-electron chi connectivity index (χ3n) is 7.41. The van der Waals surface area contributed by atoms with Gasteiger partial charge in [0.2, 0.25) is 5.91 Å². The molecule has 1 fully saturated rings. The Kier molecular flexibility index (Phi) is 9.57. The summed E-state index contributed by atoms with van der Waals surface area (Å²) in [5, 5.41) is 0. The summed E-state index contributed by atoms with van der Waals surface area (Å²) < 4.78 is 16.6. The molecule has 1 aliphatic heterocycles. The van der Waals surface area contributed by atoms with Crippen molar-refractivity contribution in [1.82, 2.24) is 4.90 Å². The van der Waals surface area contributed by atoms with Gasteiger partial charge in [0.25, 0.3) is 0 Å². The number of amides is 3. The van der Waals surface area contributed by atoms with E-state index in [0.717, 1.165) is 29.7 Å². The van der Waals surface area contributed by atoms with Gasteiger partial charge in [0.05, 0.1) is 49.3 Å². The van der Waals surface area contributed by atoms with Crippen molar-refractivity contribution in [2.24, 2.45) is 5.73 Å². The quantitative estimate of drug-likeness (QED) is 0.350. The maximum atomic E-state index is 13.4. The Balaban J connectivity index is 1.48. The number of esters is 1. The summed E-state index contributed by atoms with van der Waals surface area (Å²) in [5.74, 6) is 0.630. The summed E-state index contributed by atoms with van der Waals surface area (Å²) in [7, 11) is 6.62. The summed E-state index contributed by atoms with van der Waals surface area (Å²) in [5.41, 5.74) is 9.75. The van der Waals surface area contributed by atoms with Crippen LogP contribution in [0.1, 0.15) is 34.3 Å². The Morgan fingerprint density at radius 3 is 2.38 bits per heavy atom. The lowest BCUT2D eigenvalue weighted by atomic mass is 10.1. The number of rotatable bonds is 10. The van der Waals surface area contributed by atoms with Gasteiger partial charge in [0.15, 0.2) is 0 Å². The van der Waals surface area contributed by atoms with Crippen molar-refractivity contribution < 1.29 is 28.6 Å². The molecule has 4 rings (SSSR count). The van der Waals surface area contributed by atoms with Gasteiger partial charge in [-0.25, -0.2) is 9.59 Å². The van der Waals surface area contributed by atoms with Crippen LogP contribution < -0.4 is 25.0 Å². The highest BCUT2D eigenvalue weighted by Crippen LogP contribution is 2.36. The number of nitrogens with two attached hydrogens (primary N) is 1. The molecule has 0 aromatic heterocycles. The molecule has 10 heteroatoms.